The fraction of sp³-hybridized carbons (Fsp3) is 0.263. The molecule has 27 heavy (non-hydrogen) atoms. The zero-order valence-electron chi connectivity index (χ0n) is 15.3. The number of amides is 1. The van der Waals surface area contributed by atoms with Crippen LogP contribution in [0.15, 0.2) is 36.4 Å². The van der Waals surface area contributed by atoms with Gasteiger partial charge in [0, 0.05) is 25.0 Å². The molecule has 0 aromatic heterocycles. The predicted molar refractivity (Wildman–Crippen MR) is 99.6 cm³/mol. The molecule has 1 N–H and O–H groups in total. The van der Waals surface area contributed by atoms with Gasteiger partial charge in [-0.05, 0) is 25.1 Å². The van der Waals surface area contributed by atoms with Crippen molar-refractivity contribution >= 4 is 23.1 Å². The molecule has 0 radical (unpaired) electrons. The van der Waals surface area contributed by atoms with E-state index in [1.165, 1.54) is 32.4 Å². The fourth-order valence-corrected chi connectivity index (χ4v) is 2.52. The summed E-state index contributed by atoms with van der Waals surface area (Å²) in [7, 11) is 2.87. The third-order valence-electron chi connectivity index (χ3n) is 3.90. The van der Waals surface area contributed by atoms with Crippen molar-refractivity contribution in [1.82, 2.24) is 0 Å². The molecule has 2 rings (SSSR count). The number of methoxy groups -OCH3 is 2. The highest BCUT2D eigenvalue weighted by Crippen LogP contribution is 2.29. The molecule has 0 unspecified atom stereocenters. The van der Waals surface area contributed by atoms with Crippen molar-refractivity contribution in [1.29, 1.82) is 0 Å². The monoisotopic (exact) mass is 372 g/mol. The lowest BCUT2D eigenvalue weighted by atomic mass is 10.0. The molecule has 0 heterocycles. The van der Waals surface area contributed by atoms with Gasteiger partial charge in [0.25, 0.3) is 5.69 Å². The summed E-state index contributed by atoms with van der Waals surface area (Å²) in [6.07, 6.45) is -0.106. The number of nitro groups is 1. The van der Waals surface area contributed by atoms with Crippen LogP contribution in [0, 0.1) is 17.0 Å². The van der Waals surface area contributed by atoms with Gasteiger partial charge in [0.2, 0.25) is 5.91 Å². The van der Waals surface area contributed by atoms with Crippen LogP contribution >= 0.6 is 0 Å². The summed E-state index contributed by atoms with van der Waals surface area (Å²) in [6, 6.07) is 9.14. The molecule has 0 saturated carbocycles. The highest BCUT2D eigenvalue weighted by atomic mass is 16.6. The summed E-state index contributed by atoms with van der Waals surface area (Å²) in [5.41, 5.74) is 1.33. The van der Waals surface area contributed by atoms with Gasteiger partial charge in [-0.25, -0.2) is 0 Å². The zero-order valence-corrected chi connectivity index (χ0v) is 15.3. The number of ether oxygens (including phenoxy) is 2. The number of non-ortho nitro benzene ring substituents is 1. The van der Waals surface area contributed by atoms with Gasteiger partial charge in [-0.3, -0.25) is 19.7 Å². The van der Waals surface area contributed by atoms with E-state index >= 15 is 0 Å². The maximum absolute atomic E-state index is 12.4. The third kappa shape index (κ3) is 5.04. The number of carbonyl (C=O) groups excluding carboxylic acids is 2. The summed E-state index contributed by atoms with van der Waals surface area (Å²) < 4.78 is 10.3. The Labute approximate surface area is 156 Å². The number of carbonyl (C=O) groups is 2. The average Bonchev–Trinajstić information content (AvgIpc) is 2.65. The lowest BCUT2D eigenvalue weighted by Gasteiger charge is -2.11. The molecule has 0 aliphatic rings. The van der Waals surface area contributed by atoms with Crippen molar-refractivity contribution in [3.8, 4) is 11.5 Å². The van der Waals surface area contributed by atoms with Gasteiger partial charge in [0.15, 0.2) is 5.78 Å². The third-order valence-corrected chi connectivity index (χ3v) is 3.90. The van der Waals surface area contributed by atoms with Crippen molar-refractivity contribution in [3.63, 3.8) is 0 Å². The smallest absolute Gasteiger partial charge is 0.271 e. The fourth-order valence-electron chi connectivity index (χ4n) is 2.52. The Morgan fingerprint density at radius 3 is 2.33 bits per heavy atom. The molecule has 0 spiro atoms. The minimum absolute atomic E-state index is 0.0249. The Balaban J connectivity index is 2.07. The molecule has 0 aliphatic carbocycles. The molecule has 8 heteroatoms. The van der Waals surface area contributed by atoms with Crippen molar-refractivity contribution in [3.05, 3.63) is 57.6 Å². The van der Waals surface area contributed by atoms with E-state index in [4.69, 9.17) is 9.47 Å². The normalized spacial score (nSPS) is 10.2. The molecule has 0 aliphatic heterocycles. The number of nitro benzene ring substituents is 1. The van der Waals surface area contributed by atoms with Gasteiger partial charge in [-0.15, -0.1) is 0 Å². The topological polar surface area (TPSA) is 108 Å². The summed E-state index contributed by atoms with van der Waals surface area (Å²) in [5.74, 6) is 0.0671. The second-order valence-electron chi connectivity index (χ2n) is 5.82. The van der Waals surface area contributed by atoms with Gasteiger partial charge < -0.3 is 14.8 Å². The van der Waals surface area contributed by atoms with Gasteiger partial charge >= 0.3 is 0 Å². The first-order chi connectivity index (χ1) is 12.8. The van der Waals surface area contributed by atoms with Crippen molar-refractivity contribution in [2.24, 2.45) is 0 Å². The van der Waals surface area contributed by atoms with Crippen LogP contribution in [0.3, 0.4) is 0 Å². The van der Waals surface area contributed by atoms with Crippen LogP contribution in [0.1, 0.15) is 28.8 Å². The van der Waals surface area contributed by atoms with Crippen LogP contribution in [0.5, 0.6) is 11.5 Å². The molecule has 0 fully saturated rings. The summed E-state index contributed by atoms with van der Waals surface area (Å²) in [4.78, 5) is 35.0. The van der Waals surface area contributed by atoms with Crippen LogP contribution in [0.2, 0.25) is 0 Å². The minimum atomic E-state index is -0.567. The number of benzene rings is 2. The molecule has 2 aromatic rings. The second kappa shape index (κ2) is 8.79. The summed E-state index contributed by atoms with van der Waals surface area (Å²) in [5, 5.41) is 13.4. The summed E-state index contributed by atoms with van der Waals surface area (Å²) in [6.45, 7) is 1.86. The SMILES string of the molecule is COc1ccc([N+](=O)[O-])cc1NC(=O)CCC(=O)c1cc(C)ccc1OC. The number of nitrogens with one attached hydrogen (secondary N) is 1. The molecule has 0 atom stereocenters. The van der Waals surface area contributed by atoms with Crippen LogP contribution < -0.4 is 14.8 Å². The zero-order chi connectivity index (χ0) is 20.0. The number of hydrogen-bond acceptors (Lipinski definition) is 6. The Kier molecular flexibility index (Phi) is 6.48. The average molecular weight is 372 g/mol. The van der Waals surface area contributed by atoms with E-state index in [0.29, 0.717) is 17.1 Å². The molecule has 0 bridgehead atoms. The maximum Gasteiger partial charge on any atom is 0.271 e. The Morgan fingerprint density at radius 1 is 1.04 bits per heavy atom. The van der Waals surface area contributed by atoms with Gasteiger partial charge in [-0.1, -0.05) is 11.6 Å². The van der Waals surface area contributed by atoms with E-state index < -0.39 is 10.8 Å². The largest absolute Gasteiger partial charge is 0.496 e. The number of anilines is 1. The predicted octanol–water partition coefficient (Wildman–Crippen LogP) is 3.52. The summed E-state index contributed by atoms with van der Waals surface area (Å²) >= 11 is 0. The molecule has 8 nitrogen and oxygen atoms in total. The number of ketones is 1. The Hall–Kier alpha value is -3.42. The maximum atomic E-state index is 12.4. The van der Waals surface area contributed by atoms with Gasteiger partial charge in [0.1, 0.15) is 11.5 Å². The van der Waals surface area contributed by atoms with Crippen LogP contribution in [-0.4, -0.2) is 30.8 Å². The van der Waals surface area contributed by atoms with Gasteiger partial charge in [0.05, 0.1) is 30.4 Å². The molecular weight excluding hydrogens is 352 g/mol. The van der Waals surface area contributed by atoms with Crippen molar-refractivity contribution < 1.29 is 24.0 Å². The van der Waals surface area contributed by atoms with E-state index in [9.17, 15) is 19.7 Å². The van der Waals surface area contributed by atoms with Crippen molar-refractivity contribution in [2.45, 2.75) is 19.8 Å². The molecule has 1 amide bonds. The molecule has 0 saturated heterocycles. The minimum Gasteiger partial charge on any atom is -0.496 e. The van der Waals surface area contributed by atoms with E-state index in [1.54, 1.807) is 12.1 Å². The number of hydrogen-bond donors (Lipinski definition) is 1. The van der Waals surface area contributed by atoms with E-state index in [-0.39, 0.29) is 30.0 Å². The molecule has 142 valence electrons. The first kappa shape index (κ1) is 19.9. The quantitative estimate of drug-likeness (QED) is 0.431. The molecular formula is C19H20N2O6. The number of nitrogens with zero attached hydrogens (tertiary/aromatic N) is 1. The van der Waals surface area contributed by atoms with Crippen LogP contribution in [0.25, 0.3) is 0 Å². The van der Waals surface area contributed by atoms with Gasteiger partial charge in [-0.2, -0.15) is 0 Å². The molecule has 2 aromatic carbocycles. The Morgan fingerprint density at radius 2 is 1.70 bits per heavy atom. The van der Waals surface area contributed by atoms with E-state index in [2.05, 4.69) is 5.32 Å². The number of aryl methyl sites for hydroxylation is 1. The lowest BCUT2D eigenvalue weighted by molar-refractivity contribution is -0.384. The Bertz CT molecular complexity index is 878. The second-order valence-corrected chi connectivity index (χ2v) is 5.82. The number of Topliss-reactive ketones (excluding diaryl/α,β-unsaturated/α-hetero) is 1. The lowest BCUT2D eigenvalue weighted by Crippen LogP contribution is -2.14. The van der Waals surface area contributed by atoms with Crippen LogP contribution in [0.4, 0.5) is 11.4 Å². The number of rotatable bonds is 8. The van der Waals surface area contributed by atoms with E-state index in [1.807, 2.05) is 13.0 Å². The first-order valence-electron chi connectivity index (χ1n) is 8.15. The van der Waals surface area contributed by atoms with E-state index in [0.717, 1.165) is 5.56 Å². The highest BCUT2D eigenvalue weighted by Gasteiger charge is 2.17. The van der Waals surface area contributed by atoms with Crippen LogP contribution in [-0.2, 0) is 4.79 Å². The first-order valence-corrected chi connectivity index (χ1v) is 8.15. The standard InChI is InChI=1S/C19H20N2O6/c1-12-4-7-17(26-2)14(10-12)16(22)6-9-19(23)20-15-11-13(21(24)25)5-8-18(15)27-3/h4-5,7-8,10-11H,6,9H2,1-3H3,(H,20,23). The van der Waals surface area contributed by atoms with Crippen molar-refractivity contribution in [2.75, 3.05) is 19.5 Å². The highest BCUT2D eigenvalue weighted by molar-refractivity contribution is 6.02.